The molecule has 4 heteroatoms. The first kappa shape index (κ1) is 15.3. The van der Waals surface area contributed by atoms with Gasteiger partial charge in [-0.1, -0.05) is 24.6 Å². The predicted octanol–water partition coefficient (Wildman–Crippen LogP) is 2.66. The van der Waals surface area contributed by atoms with Crippen molar-refractivity contribution in [3.05, 3.63) is 28.8 Å². The molecule has 0 saturated heterocycles. The van der Waals surface area contributed by atoms with E-state index in [1.165, 1.54) is 5.56 Å². The fourth-order valence-corrected chi connectivity index (χ4v) is 1.94. The lowest BCUT2D eigenvalue weighted by atomic mass is 10.1. The molecule has 0 radical (unpaired) electrons. The maximum Gasteiger partial charge on any atom is 0.0632 e. The Hall–Kier alpha value is -0.770. The van der Waals surface area contributed by atoms with Crippen LogP contribution in [0.15, 0.2) is 18.2 Å². The second kappa shape index (κ2) is 7.62. The number of halogens is 1. The number of likely N-dealkylation sites (N-methyl/N-ethyl adjacent to an activating group) is 1. The Morgan fingerprint density at radius 1 is 1.44 bits per heavy atom. The van der Waals surface area contributed by atoms with E-state index < -0.39 is 0 Å². The SMILES string of the molecule is CCCNCc1ccc(Cl)cc1N(C)C(C)CO. The van der Waals surface area contributed by atoms with E-state index in [-0.39, 0.29) is 12.6 Å². The van der Waals surface area contributed by atoms with E-state index in [0.717, 1.165) is 30.2 Å². The molecule has 3 nitrogen and oxygen atoms in total. The molecular weight excluding hydrogens is 248 g/mol. The van der Waals surface area contributed by atoms with Crippen molar-refractivity contribution in [3.63, 3.8) is 0 Å². The van der Waals surface area contributed by atoms with Crippen molar-refractivity contribution in [2.45, 2.75) is 32.9 Å². The topological polar surface area (TPSA) is 35.5 Å². The van der Waals surface area contributed by atoms with Gasteiger partial charge in [0.1, 0.15) is 0 Å². The summed E-state index contributed by atoms with van der Waals surface area (Å²) >= 11 is 6.06. The predicted molar refractivity (Wildman–Crippen MR) is 78.4 cm³/mol. The average molecular weight is 271 g/mol. The van der Waals surface area contributed by atoms with Crippen molar-refractivity contribution in [2.75, 3.05) is 25.1 Å². The van der Waals surface area contributed by atoms with Crippen LogP contribution in [0.5, 0.6) is 0 Å². The lowest BCUT2D eigenvalue weighted by molar-refractivity contribution is 0.270. The summed E-state index contributed by atoms with van der Waals surface area (Å²) in [5, 5.41) is 13.4. The molecule has 0 spiro atoms. The summed E-state index contributed by atoms with van der Waals surface area (Å²) in [6.07, 6.45) is 1.12. The first-order valence-electron chi connectivity index (χ1n) is 6.43. The molecule has 0 aromatic heterocycles. The molecule has 0 saturated carbocycles. The zero-order valence-electron chi connectivity index (χ0n) is 11.4. The Balaban J connectivity index is 2.88. The number of benzene rings is 1. The minimum atomic E-state index is 0.0772. The fourth-order valence-electron chi connectivity index (χ4n) is 1.77. The van der Waals surface area contributed by atoms with Crippen molar-refractivity contribution in [1.82, 2.24) is 5.32 Å². The molecule has 0 amide bonds. The average Bonchev–Trinajstić information content (AvgIpc) is 2.38. The van der Waals surface area contributed by atoms with Gasteiger partial charge in [0.05, 0.1) is 6.61 Å². The summed E-state index contributed by atoms with van der Waals surface area (Å²) in [5.74, 6) is 0. The van der Waals surface area contributed by atoms with Gasteiger partial charge >= 0.3 is 0 Å². The van der Waals surface area contributed by atoms with E-state index >= 15 is 0 Å². The van der Waals surface area contributed by atoms with Crippen LogP contribution in [0.1, 0.15) is 25.8 Å². The first-order chi connectivity index (χ1) is 8.60. The van der Waals surface area contributed by atoms with Crippen LogP contribution in [0.2, 0.25) is 5.02 Å². The summed E-state index contributed by atoms with van der Waals surface area (Å²) in [7, 11) is 1.98. The van der Waals surface area contributed by atoms with Gasteiger partial charge in [0.2, 0.25) is 0 Å². The van der Waals surface area contributed by atoms with Crippen molar-refractivity contribution >= 4 is 17.3 Å². The lowest BCUT2D eigenvalue weighted by Crippen LogP contribution is -2.33. The molecule has 1 aromatic rings. The van der Waals surface area contributed by atoms with E-state index in [0.29, 0.717) is 0 Å². The minimum Gasteiger partial charge on any atom is -0.394 e. The molecule has 0 aliphatic heterocycles. The van der Waals surface area contributed by atoms with Crippen LogP contribution in [0, 0.1) is 0 Å². The Bertz CT molecular complexity index is 371. The summed E-state index contributed by atoms with van der Waals surface area (Å²) in [5.41, 5.74) is 2.28. The van der Waals surface area contributed by atoms with Crippen LogP contribution in [-0.4, -0.2) is 31.3 Å². The third-order valence-corrected chi connectivity index (χ3v) is 3.33. The zero-order chi connectivity index (χ0) is 13.5. The van der Waals surface area contributed by atoms with Crippen molar-refractivity contribution in [2.24, 2.45) is 0 Å². The molecule has 18 heavy (non-hydrogen) atoms. The molecule has 1 aromatic carbocycles. The molecule has 0 fully saturated rings. The summed E-state index contributed by atoms with van der Waals surface area (Å²) in [6, 6.07) is 5.98. The molecule has 2 N–H and O–H groups in total. The van der Waals surface area contributed by atoms with E-state index in [4.69, 9.17) is 11.6 Å². The van der Waals surface area contributed by atoms with Crippen molar-refractivity contribution in [3.8, 4) is 0 Å². The smallest absolute Gasteiger partial charge is 0.0632 e. The number of hydrogen-bond acceptors (Lipinski definition) is 3. The van der Waals surface area contributed by atoms with Gasteiger partial charge in [-0.3, -0.25) is 0 Å². The van der Waals surface area contributed by atoms with Crippen LogP contribution in [0.3, 0.4) is 0 Å². The lowest BCUT2D eigenvalue weighted by Gasteiger charge is -2.28. The highest BCUT2D eigenvalue weighted by molar-refractivity contribution is 6.30. The third kappa shape index (κ3) is 4.16. The second-order valence-electron chi connectivity index (χ2n) is 4.59. The Labute approximate surface area is 115 Å². The van der Waals surface area contributed by atoms with Crippen LogP contribution in [-0.2, 0) is 6.54 Å². The molecule has 102 valence electrons. The van der Waals surface area contributed by atoms with Crippen LogP contribution in [0.4, 0.5) is 5.69 Å². The molecule has 0 bridgehead atoms. The Morgan fingerprint density at radius 3 is 2.78 bits per heavy atom. The van der Waals surface area contributed by atoms with Crippen LogP contribution >= 0.6 is 11.6 Å². The van der Waals surface area contributed by atoms with E-state index in [1.807, 2.05) is 32.2 Å². The highest BCUT2D eigenvalue weighted by Crippen LogP contribution is 2.25. The number of hydrogen-bond donors (Lipinski definition) is 2. The summed E-state index contributed by atoms with van der Waals surface area (Å²) in [6.45, 7) is 6.09. The molecule has 1 atom stereocenters. The van der Waals surface area contributed by atoms with Gasteiger partial charge in [0.25, 0.3) is 0 Å². The van der Waals surface area contributed by atoms with Gasteiger partial charge in [0, 0.05) is 30.3 Å². The summed E-state index contributed by atoms with van der Waals surface area (Å²) in [4.78, 5) is 2.06. The number of aliphatic hydroxyl groups excluding tert-OH is 1. The Morgan fingerprint density at radius 2 is 2.17 bits per heavy atom. The summed E-state index contributed by atoms with van der Waals surface area (Å²) < 4.78 is 0. The standard InChI is InChI=1S/C14H23ClN2O/c1-4-7-16-9-12-5-6-13(15)8-14(12)17(3)11(2)10-18/h5-6,8,11,16,18H,4,7,9-10H2,1-3H3. The van der Waals surface area contributed by atoms with Crippen molar-refractivity contribution < 1.29 is 5.11 Å². The van der Waals surface area contributed by atoms with E-state index in [9.17, 15) is 5.11 Å². The molecule has 1 unspecified atom stereocenters. The Kier molecular flexibility index (Phi) is 6.47. The number of nitrogens with zero attached hydrogens (tertiary/aromatic N) is 1. The highest BCUT2D eigenvalue weighted by Gasteiger charge is 2.13. The second-order valence-corrected chi connectivity index (χ2v) is 5.03. The zero-order valence-corrected chi connectivity index (χ0v) is 12.2. The monoisotopic (exact) mass is 270 g/mol. The number of aliphatic hydroxyl groups is 1. The molecule has 0 aliphatic rings. The maximum absolute atomic E-state index is 9.25. The molecule has 1 rings (SSSR count). The number of anilines is 1. The van der Waals surface area contributed by atoms with Gasteiger partial charge in [-0.05, 0) is 37.6 Å². The van der Waals surface area contributed by atoms with Gasteiger partial charge in [-0.15, -0.1) is 0 Å². The molecular formula is C14H23ClN2O. The molecule has 0 aliphatic carbocycles. The maximum atomic E-state index is 9.25. The van der Waals surface area contributed by atoms with E-state index in [2.05, 4.69) is 17.1 Å². The number of rotatable bonds is 7. The van der Waals surface area contributed by atoms with Gasteiger partial charge in [-0.25, -0.2) is 0 Å². The fraction of sp³-hybridized carbons (Fsp3) is 0.571. The molecule has 0 heterocycles. The first-order valence-corrected chi connectivity index (χ1v) is 6.80. The van der Waals surface area contributed by atoms with Crippen molar-refractivity contribution in [1.29, 1.82) is 0 Å². The van der Waals surface area contributed by atoms with Gasteiger partial charge < -0.3 is 15.3 Å². The third-order valence-electron chi connectivity index (χ3n) is 3.09. The normalized spacial score (nSPS) is 12.5. The number of nitrogens with one attached hydrogen (secondary N) is 1. The van der Waals surface area contributed by atoms with Crippen LogP contribution < -0.4 is 10.2 Å². The highest BCUT2D eigenvalue weighted by atomic mass is 35.5. The van der Waals surface area contributed by atoms with Crippen LogP contribution in [0.25, 0.3) is 0 Å². The quantitative estimate of drug-likeness (QED) is 0.748. The van der Waals surface area contributed by atoms with E-state index in [1.54, 1.807) is 0 Å². The van der Waals surface area contributed by atoms with Gasteiger partial charge in [-0.2, -0.15) is 0 Å². The van der Waals surface area contributed by atoms with Gasteiger partial charge in [0.15, 0.2) is 0 Å². The largest absolute Gasteiger partial charge is 0.394 e. The minimum absolute atomic E-state index is 0.0772.